The van der Waals surface area contributed by atoms with Crippen molar-refractivity contribution in [3.05, 3.63) is 60.4 Å². The smallest absolute Gasteiger partial charge is 0.257 e. The van der Waals surface area contributed by atoms with Crippen LogP contribution in [-0.2, 0) is 14.8 Å². The molecule has 8 nitrogen and oxygen atoms in total. The Morgan fingerprint density at radius 3 is 2.64 bits per heavy atom. The summed E-state index contributed by atoms with van der Waals surface area (Å²) in [5.41, 5.74) is 0.761. The maximum absolute atomic E-state index is 13.3. The van der Waals surface area contributed by atoms with E-state index in [2.05, 4.69) is 10.1 Å². The number of morpholine rings is 1. The monoisotopic (exact) mass is 401 g/mol. The van der Waals surface area contributed by atoms with Crippen molar-refractivity contribution in [3.63, 3.8) is 0 Å². The zero-order valence-corrected chi connectivity index (χ0v) is 16.0. The Hall–Kier alpha value is -2.75. The van der Waals surface area contributed by atoms with Gasteiger partial charge >= 0.3 is 0 Å². The highest BCUT2D eigenvalue weighted by molar-refractivity contribution is 7.89. The summed E-state index contributed by atoms with van der Waals surface area (Å²) in [5, 5.41) is 4.01. The van der Waals surface area contributed by atoms with E-state index in [1.807, 2.05) is 30.3 Å². The first-order valence-electron chi connectivity index (χ1n) is 8.73. The van der Waals surface area contributed by atoms with Gasteiger partial charge in [0.1, 0.15) is 16.7 Å². The zero-order valence-electron chi connectivity index (χ0n) is 15.2. The molecule has 1 fully saturated rings. The number of hydrogen-bond acceptors (Lipinski definition) is 7. The van der Waals surface area contributed by atoms with Gasteiger partial charge in [-0.05, 0) is 24.3 Å². The molecule has 9 heteroatoms. The maximum Gasteiger partial charge on any atom is 0.257 e. The van der Waals surface area contributed by atoms with Crippen LogP contribution in [0, 0.1) is 0 Å². The summed E-state index contributed by atoms with van der Waals surface area (Å²) >= 11 is 0. The molecule has 1 saturated heterocycles. The molecule has 0 saturated carbocycles. The first-order chi connectivity index (χ1) is 13.6. The Bertz CT molecular complexity index is 1050. The van der Waals surface area contributed by atoms with Gasteiger partial charge in [-0.1, -0.05) is 35.5 Å². The van der Waals surface area contributed by atoms with Crippen LogP contribution < -0.4 is 4.74 Å². The molecule has 28 heavy (non-hydrogen) atoms. The lowest BCUT2D eigenvalue weighted by Crippen LogP contribution is -2.43. The van der Waals surface area contributed by atoms with Crippen LogP contribution in [0.15, 0.2) is 64.0 Å². The van der Waals surface area contributed by atoms with Crippen molar-refractivity contribution in [1.82, 2.24) is 14.4 Å². The Morgan fingerprint density at radius 1 is 1.11 bits per heavy atom. The summed E-state index contributed by atoms with van der Waals surface area (Å²) in [6, 6.07) is 15.1. The van der Waals surface area contributed by atoms with E-state index in [1.165, 1.54) is 17.5 Å². The molecular weight excluding hydrogens is 382 g/mol. The molecule has 1 unspecified atom stereocenters. The summed E-state index contributed by atoms with van der Waals surface area (Å²) in [6.45, 7) is 0.608. The largest absolute Gasteiger partial charge is 0.495 e. The van der Waals surface area contributed by atoms with Crippen molar-refractivity contribution in [3.8, 4) is 17.2 Å². The SMILES string of the molecule is COc1ccccc1S(=O)(=O)N1CCOCC1c1noc(-c2ccccc2)n1. The summed E-state index contributed by atoms with van der Waals surface area (Å²) in [4.78, 5) is 4.50. The minimum atomic E-state index is -3.85. The van der Waals surface area contributed by atoms with Crippen molar-refractivity contribution in [2.45, 2.75) is 10.9 Å². The average molecular weight is 401 g/mol. The lowest BCUT2D eigenvalue weighted by molar-refractivity contribution is 0.0281. The highest BCUT2D eigenvalue weighted by Crippen LogP contribution is 2.33. The minimum absolute atomic E-state index is 0.0937. The molecule has 0 bridgehead atoms. The summed E-state index contributed by atoms with van der Waals surface area (Å²) in [6.07, 6.45) is 0. The highest BCUT2D eigenvalue weighted by Gasteiger charge is 2.39. The third kappa shape index (κ3) is 3.39. The number of hydrogen-bond donors (Lipinski definition) is 0. The van der Waals surface area contributed by atoms with Gasteiger partial charge in [0.25, 0.3) is 5.89 Å². The fourth-order valence-corrected chi connectivity index (χ4v) is 4.82. The predicted molar refractivity (Wildman–Crippen MR) is 100 cm³/mol. The molecule has 0 spiro atoms. The second-order valence-electron chi connectivity index (χ2n) is 6.18. The number of sulfonamides is 1. The normalized spacial score (nSPS) is 18.1. The number of rotatable bonds is 5. The molecule has 1 aromatic heterocycles. The van der Waals surface area contributed by atoms with E-state index in [0.717, 1.165) is 5.56 Å². The van der Waals surface area contributed by atoms with Crippen molar-refractivity contribution >= 4 is 10.0 Å². The molecule has 146 valence electrons. The number of methoxy groups -OCH3 is 1. The van der Waals surface area contributed by atoms with Crippen LogP contribution in [-0.4, -0.2) is 49.7 Å². The van der Waals surface area contributed by atoms with Gasteiger partial charge in [0, 0.05) is 12.1 Å². The van der Waals surface area contributed by atoms with Gasteiger partial charge < -0.3 is 14.0 Å². The maximum atomic E-state index is 13.3. The molecule has 0 N–H and O–H groups in total. The fourth-order valence-electron chi connectivity index (χ4n) is 3.11. The molecule has 2 aromatic carbocycles. The van der Waals surface area contributed by atoms with Crippen LogP contribution >= 0.6 is 0 Å². The highest BCUT2D eigenvalue weighted by atomic mass is 32.2. The Kier molecular flexibility index (Phi) is 5.12. The van der Waals surface area contributed by atoms with Crippen molar-refractivity contribution in [2.75, 3.05) is 26.9 Å². The van der Waals surface area contributed by atoms with Gasteiger partial charge in [0.2, 0.25) is 10.0 Å². The summed E-state index contributed by atoms with van der Waals surface area (Å²) < 4.78 is 44.1. The number of aromatic nitrogens is 2. The first kappa shape index (κ1) is 18.6. The van der Waals surface area contributed by atoms with Crippen LogP contribution in [0.1, 0.15) is 11.9 Å². The van der Waals surface area contributed by atoms with Crippen LogP contribution in [0.4, 0.5) is 0 Å². The number of nitrogens with zero attached hydrogens (tertiary/aromatic N) is 3. The second kappa shape index (κ2) is 7.70. The van der Waals surface area contributed by atoms with Gasteiger partial charge in [0.05, 0.1) is 20.3 Å². The number of ether oxygens (including phenoxy) is 2. The van der Waals surface area contributed by atoms with E-state index < -0.39 is 16.1 Å². The molecule has 4 rings (SSSR count). The molecule has 0 amide bonds. The number of benzene rings is 2. The molecule has 1 aliphatic heterocycles. The predicted octanol–water partition coefficient (Wildman–Crippen LogP) is 2.51. The molecule has 1 aliphatic rings. The Labute approximate surface area is 162 Å². The molecule has 0 aliphatic carbocycles. The molecule has 3 aromatic rings. The minimum Gasteiger partial charge on any atom is -0.495 e. The molecular formula is C19H19N3O5S. The van der Waals surface area contributed by atoms with Gasteiger partial charge in [0.15, 0.2) is 5.82 Å². The topological polar surface area (TPSA) is 94.8 Å². The summed E-state index contributed by atoms with van der Waals surface area (Å²) in [7, 11) is -2.41. The quantitative estimate of drug-likeness (QED) is 0.648. The average Bonchev–Trinajstić information content (AvgIpc) is 3.24. The molecule has 1 atom stereocenters. The fraction of sp³-hybridized carbons (Fsp3) is 0.263. The van der Waals surface area contributed by atoms with Gasteiger partial charge in [-0.2, -0.15) is 9.29 Å². The van der Waals surface area contributed by atoms with Crippen molar-refractivity contribution in [1.29, 1.82) is 0 Å². The first-order valence-corrected chi connectivity index (χ1v) is 10.2. The van der Waals surface area contributed by atoms with Crippen molar-refractivity contribution < 1.29 is 22.4 Å². The van der Waals surface area contributed by atoms with Crippen LogP contribution in [0.2, 0.25) is 0 Å². The van der Waals surface area contributed by atoms with Gasteiger partial charge in [-0.15, -0.1) is 0 Å². The number of para-hydroxylation sites is 1. The zero-order chi connectivity index (χ0) is 19.6. The Morgan fingerprint density at radius 2 is 1.86 bits per heavy atom. The van der Waals surface area contributed by atoms with E-state index in [1.54, 1.807) is 18.2 Å². The van der Waals surface area contributed by atoms with Crippen LogP contribution in [0.3, 0.4) is 0 Å². The lowest BCUT2D eigenvalue weighted by Gasteiger charge is -2.32. The standard InChI is InChI=1S/C19H19N3O5S/c1-25-16-9-5-6-10-17(16)28(23,24)22-11-12-26-13-15(22)18-20-19(27-21-18)14-7-3-2-4-8-14/h2-10,15H,11-13H2,1H3. The third-order valence-corrected chi connectivity index (χ3v) is 6.44. The molecule has 0 radical (unpaired) electrons. The van der Waals surface area contributed by atoms with E-state index in [-0.39, 0.29) is 36.2 Å². The summed E-state index contributed by atoms with van der Waals surface area (Å²) in [5.74, 6) is 0.874. The van der Waals surface area contributed by atoms with E-state index in [9.17, 15) is 8.42 Å². The van der Waals surface area contributed by atoms with Crippen molar-refractivity contribution in [2.24, 2.45) is 0 Å². The van der Waals surface area contributed by atoms with E-state index >= 15 is 0 Å². The van der Waals surface area contributed by atoms with Crippen LogP contribution in [0.25, 0.3) is 11.5 Å². The van der Waals surface area contributed by atoms with Gasteiger partial charge in [-0.25, -0.2) is 8.42 Å². The third-order valence-electron chi connectivity index (χ3n) is 4.50. The second-order valence-corrected chi connectivity index (χ2v) is 8.04. The van der Waals surface area contributed by atoms with E-state index in [0.29, 0.717) is 5.89 Å². The van der Waals surface area contributed by atoms with E-state index in [4.69, 9.17) is 14.0 Å². The van der Waals surface area contributed by atoms with Gasteiger partial charge in [-0.3, -0.25) is 0 Å². The Balaban J connectivity index is 1.70. The lowest BCUT2D eigenvalue weighted by atomic mass is 10.2. The van der Waals surface area contributed by atoms with Crippen LogP contribution in [0.5, 0.6) is 5.75 Å². The molecule has 2 heterocycles.